The summed E-state index contributed by atoms with van der Waals surface area (Å²) in [6.45, 7) is 7.00. The molecule has 3 rings (SSSR count). The number of anilines is 1. The van der Waals surface area contributed by atoms with Crippen LogP contribution in [0.4, 0.5) is 5.69 Å². The first-order valence-electron chi connectivity index (χ1n) is 8.76. The summed E-state index contributed by atoms with van der Waals surface area (Å²) in [6.07, 6.45) is 0. The molecule has 0 atom stereocenters. The van der Waals surface area contributed by atoms with Crippen molar-refractivity contribution >= 4 is 34.4 Å². The van der Waals surface area contributed by atoms with Crippen molar-refractivity contribution in [1.82, 2.24) is 23.9 Å². The largest absolute Gasteiger partial charge is 0.328 e. The first-order valence-corrected chi connectivity index (χ1v) is 9.74. The van der Waals surface area contributed by atoms with Crippen LogP contribution in [0.2, 0.25) is 0 Å². The van der Waals surface area contributed by atoms with E-state index in [1.807, 2.05) is 23.6 Å². The average molecular weight is 388 g/mol. The van der Waals surface area contributed by atoms with E-state index in [0.717, 1.165) is 28.6 Å². The van der Waals surface area contributed by atoms with Crippen LogP contribution in [-0.2, 0) is 25.4 Å². The van der Waals surface area contributed by atoms with E-state index in [9.17, 15) is 9.59 Å². The van der Waals surface area contributed by atoms with E-state index in [2.05, 4.69) is 29.4 Å². The number of carbonyl (C=O) groups excluding carboxylic acids is 1. The predicted molar refractivity (Wildman–Crippen MR) is 107 cm³/mol. The van der Waals surface area contributed by atoms with Crippen molar-refractivity contribution in [2.24, 2.45) is 20.0 Å². The van der Waals surface area contributed by atoms with Crippen molar-refractivity contribution in [3.63, 3.8) is 0 Å². The number of carbonyl (C=O) groups is 1. The van der Waals surface area contributed by atoms with Gasteiger partial charge >= 0.3 is 5.69 Å². The zero-order chi connectivity index (χ0) is 19.7. The molecule has 0 saturated heterocycles. The van der Waals surface area contributed by atoms with E-state index in [1.165, 1.54) is 11.8 Å². The Bertz CT molecular complexity index is 1050. The average Bonchev–Trinajstić information content (AvgIpc) is 3.06. The van der Waals surface area contributed by atoms with E-state index < -0.39 is 0 Å². The zero-order valence-corrected chi connectivity index (χ0v) is 17.0. The van der Waals surface area contributed by atoms with Crippen LogP contribution in [0.5, 0.6) is 0 Å². The van der Waals surface area contributed by atoms with E-state index in [0.29, 0.717) is 11.6 Å². The number of nitrogens with one attached hydrogen (secondary N) is 1. The molecule has 1 aromatic carbocycles. The van der Waals surface area contributed by atoms with Crippen molar-refractivity contribution in [1.29, 1.82) is 0 Å². The molecule has 0 unspecified atom stereocenters. The molecule has 2 heterocycles. The van der Waals surface area contributed by atoms with E-state index in [1.54, 1.807) is 29.3 Å². The third-order valence-electron chi connectivity index (χ3n) is 4.34. The highest BCUT2D eigenvalue weighted by atomic mass is 32.2. The minimum Gasteiger partial charge on any atom is -0.325 e. The van der Waals surface area contributed by atoms with Crippen LogP contribution in [0.15, 0.2) is 28.2 Å². The van der Waals surface area contributed by atoms with Crippen LogP contribution < -0.4 is 11.0 Å². The number of imidazole rings is 1. The molecule has 0 radical (unpaired) electrons. The molecule has 0 spiro atoms. The standard InChI is InChI=1S/C18H24N6O2S/c1-11(2)9-24-12(3)20-21-17(24)27-10-16(25)19-13-6-7-14-15(8-13)23(5)18(26)22(14)4/h6-8,11H,9-10H2,1-5H3,(H,19,25). The Kier molecular flexibility index (Phi) is 5.41. The van der Waals surface area contributed by atoms with Gasteiger partial charge in [0.1, 0.15) is 5.82 Å². The smallest absolute Gasteiger partial charge is 0.325 e. The first kappa shape index (κ1) is 19.2. The number of aryl methyl sites for hydroxylation is 3. The van der Waals surface area contributed by atoms with E-state index >= 15 is 0 Å². The summed E-state index contributed by atoms with van der Waals surface area (Å²) in [5.41, 5.74) is 2.17. The lowest BCUT2D eigenvalue weighted by Crippen LogP contribution is -2.19. The van der Waals surface area contributed by atoms with Gasteiger partial charge in [-0.05, 0) is 31.0 Å². The highest BCUT2D eigenvalue weighted by Gasteiger charge is 2.14. The predicted octanol–water partition coefficient (Wildman–Crippen LogP) is 2.16. The van der Waals surface area contributed by atoms with Crippen molar-refractivity contribution in [2.75, 3.05) is 11.1 Å². The van der Waals surface area contributed by atoms with Gasteiger partial charge in [0.05, 0.1) is 16.8 Å². The Hall–Kier alpha value is -2.55. The van der Waals surface area contributed by atoms with Crippen LogP contribution in [0.3, 0.4) is 0 Å². The molecule has 0 aliphatic rings. The number of aromatic nitrogens is 5. The van der Waals surface area contributed by atoms with Crippen LogP contribution in [0, 0.1) is 12.8 Å². The number of rotatable bonds is 6. The highest BCUT2D eigenvalue weighted by molar-refractivity contribution is 7.99. The lowest BCUT2D eigenvalue weighted by atomic mass is 10.2. The minimum absolute atomic E-state index is 0.0936. The molecule has 0 bridgehead atoms. The maximum absolute atomic E-state index is 12.4. The Labute approximate surface area is 161 Å². The Morgan fingerprint density at radius 3 is 2.59 bits per heavy atom. The number of thioether (sulfide) groups is 1. The molecule has 8 nitrogen and oxygen atoms in total. The molecular weight excluding hydrogens is 364 g/mol. The van der Waals surface area contributed by atoms with Gasteiger partial charge in [-0.1, -0.05) is 25.6 Å². The molecule has 0 aliphatic carbocycles. The Balaban J connectivity index is 1.69. The number of fused-ring (bicyclic) bond motifs is 1. The van der Waals surface area contributed by atoms with Gasteiger partial charge in [0.2, 0.25) is 5.91 Å². The van der Waals surface area contributed by atoms with Gasteiger partial charge in [-0.25, -0.2) is 4.79 Å². The fraction of sp³-hybridized carbons (Fsp3) is 0.444. The summed E-state index contributed by atoms with van der Waals surface area (Å²) in [4.78, 5) is 24.4. The molecule has 1 amide bonds. The van der Waals surface area contributed by atoms with Gasteiger partial charge in [-0.3, -0.25) is 13.9 Å². The maximum Gasteiger partial charge on any atom is 0.328 e. The van der Waals surface area contributed by atoms with Gasteiger partial charge in [0.25, 0.3) is 0 Å². The van der Waals surface area contributed by atoms with Gasteiger partial charge in [-0.2, -0.15) is 0 Å². The number of hydrogen-bond acceptors (Lipinski definition) is 5. The second-order valence-electron chi connectivity index (χ2n) is 6.98. The number of nitrogens with zero attached hydrogens (tertiary/aromatic N) is 5. The fourth-order valence-electron chi connectivity index (χ4n) is 2.96. The quantitative estimate of drug-likeness (QED) is 0.654. The lowest BCUT2D eigenvalue weighted by Gasteiger charge is -2.10. The molecule has 3 aromatic rings. The molecule has 9 heteroatoms. The molecule has 1 N–H and O–H groups in total. The van der Waals surface area contributed by atoms with Crippen molar-refractivity contribution < 1.29 is 4.79 Å². The van der Waals surface area contributed by atoms with Crippen molar-refractivity contribution in [3.8, 4) is 0 Å². The van der Waals surface area contributed by atoms with E-state index in [4.69, 9.17) is 0 Å². The molecule has 0 saturated carbocycles. The monoisotopic (exact) mass is 388 g/mol. The summed E-state index contributed by atoms with van der Waals surface area (Å²) in [7, 11) is 3.45. The van der Waals surface area contributed by atoms with Gasteiger partial charge in [0, 0.05) is 26.3 Å². The number of amides is 1. The third kappa shape index (κ3) is 3.92. The molecule has 0 fully saturated rings. The minimum atomic E-state index is -0.128. The maximum atomic E-state index is 12.4. The molecule has 2 aromatic heterocycles. The number of benzene rings is 1. The second kappa shape index (κ2) is 7.59. The normalized spacial score (nSPS) is 11.5. The summed E-state index contributed by atoms with van der Waals surface area (Å²) < 4.78 is 5.19. The SMILES string of the molecule is Cc1nnc(SCC(=O)Nc2ccc3c(c2)n(C)c(=O)n3C)n1CC(C)C. The van der Waals surface area contributed by atoms with Gasteiger partial charge in [-0.15, -0.1) is 10.2 Å². The van der Waals surface area contributed by atoms with Crippen LogP contribution in [0.1, 0.15) is 19.7 Å². The van der Waals surface area contributed by atoms with Crippen LogP contribution in [-0.4, -0.2) is 35.6 Å². The summed E-state index contributed by atoms with van der Waals surface area (Å²) >= 11 is 1.37. The molecular formula is C18H24N6O2S. The van der Waals surface area contributed by atoms with Gasteiger partial charge < -0.3 is 9.88 Å². The lowest BCUT2D eigenvalue weighted by molar-refractivity contribution is -0.113. The van der Waals surface area contributed by atoms with Crippen molar-refractivity contribution in [2.45, 2.75) is 32.5 Å². The summed E-state index contributed by atoms with van der Waals surface area (Å²) in [5, 5.41) is 11.9. The molecule has 144 valence electrons. The topological polar surface area (TPSA) is 86.7 Å². The van der Waals surface area contributed by atoms with Crippen molar-refractivity contribution in [3.05, 3.63) is 34.5 Å². The Morgan fingerprint density at radius 1 is 1.19 bits per heavy atom. The highest BCUT2D eigenvalue weighted by Crippen LogP contribution is 2.20. The van der Waals surface area contributed by atoms with E-state index in [-0.39, 0.29) is 17.3 Å². The first-order chi connectivity index (χ1) is 12.8. The fourth-order valence-corrected chi connectivity index (χ4v) is 3.75. The second-order valence-corrected chi connectivity index (χ2v) is 7.92. The molecule has 27 heavy (non-hydrogen) atoms. The van der Waals surface area contributed by atoms with Gasteiger partial charge in [0.15, 0.2) is 5.16 Å². The number of hydrogen-bond donors (Lipinski definition) is 1. The summed E-state index contributed by atoms with van der Waals surface area (Å²) in [6, 6.07) is 5.45. The zero-order valence-electron chi connectivity index (χ0n) is 16.2. The summed E-state index contributed by atoms with van der Waals surface area (Å²) in [5.74, 6) is 1.43. The Morgan fingerprint density at radius 2 is 1.89 bits per heavy atom. The third-order valence-corrected chi connectivity index (χ3v) is 5.30. The van der Waals surface area contributed by atoms with Crippen LogP contribution >= 0.6 is 11.8 Å². The van der Waals surface area contributed by atoms with Crippen LogP contribution in [0.25, 0.3) is 11.0 Å². The molecule has 0 aliphatic heterocycles.